The first-order chi connectivity index (χ1) is 10.9. The summed E-state index contributed by atoms with van der Waals surface area (Å²) in [6.45, 7) is 5.22. The van der Waals surface area contributed by atoms with Gasteiger partial charge in [0.1, 0.15) is 0 Å². The molecule has 0 aliphatic carbocycles. The zero-order valence-electron chi connectivity index (χ0n) is 13.0. The first-order valence-corrected chi connectivity index (χ1v) is 8.89. The number of nitrogens with zero attached hydrogens (tertiary/aromatic N) is 3. The van der Waals surface area contributed by atoms with Crippen LogP contribution in [0.15, 0.2) is 38.5 Å². The molecule has 1 fully saturated rings. The van der Waals surface area contributed by atoms with E-state index in [0.717, 1.165) is 11.2 Å². The molecule has 23 heavy (non-hydrogen) atoms. The predicted molar refractivity (Wildman–Crippen MR) is 80.4 cm³/mol. The second-order valence-corrected chi connectivity index (χ2v) is 8.08. The number of hydrogen-bond donors (Lipinski definition) is 1. The highest BCUT2D eigenvalue weighted by Crippen LogP contribution is 2.26. The first kappa shape index (κ1) is 15.9. The molecule has 0 spiro atoms. The van der Waals surface area contributed by atoms with Gasteiger partial charge in [0.05, 0.1) is 9.69 Å². The number of piperidine rings is 1. The normalized spacial score (nSPS) is 23.0. The Morgan fingerprint density at radius 1 is 1.22 bits per heavy atom. The average Bonchev–Trinajstić information content (AvgIpc) is 2.93. The average molecular weight is 339 g/mol. The number of benzene rings is 1. The molecule has 124 valence electrons. The number of aromatic amines is 1. The Morgan fingerprint density at radius 2 is 1.83 bits per heavy atom. The monoisotopic (exact) mass is 339 g/mol. The summed E-state index contributed by atoms with van der Waals surface area (Å²) in [7, 11) is -3.51. The molecule has 0 amide bonds. The van der Waals surface area contributed by atoms with Gasteiger partial charge in [-0.2, -0.15) is 4.31 Å². The van der Waals surface area contributed by atoms with Gasteiger partial charge in [-0.3, -0.25) is 0 Å². The lowest BCUT2D eigenvalue weighted by Gasteiger charge is -2.34. The summed E-state index contributed by atoms with van der Waals surface area (Å²) in [6.07, 6.45) is 1.04. The van der Waals surface area contributed by atoms with Crippen molar-refractivity contribution in [2.45, 2.75) is 25.2 Å². The summed E-state index contributed by atoms with van der Waals surface area (Å²) in [4.78, 5) is 12.3. The van der Waals surface area contributed by atoms with Crippen molar-refractivity contribution in [2.24, 2.45) is 11.8 Å². The molecule has 0 saturated carbocycles. The highest BCUT2D eigenvalue weighted by molar-refractivity contribution is 7.89. The van der Waals surface area contributed by atoms with Crippen LogP contribution in [0.1, 0.15) is 20.3 Å². The first-order valence-electron chi connectivity index (χ1n) is 7.45. The van der Waals surface area contributed by atoms with E-state index in [4.69, 9.17) is 0 Å². The van der Waals surface area contributed by atoms with Crippen LogP contribution < -0.4 is 10.6 Å². The van der Waals surface area contributed by atoms with Crippen molar-refractivity contribution in [1.82, 2.24) is 14.7 Å². The van der Waals surface area contributed by atoms with Crippen LogP contribution in [0.2, 0.25) is 0 Å². The van der Waals surface area contributed by atoms with Gasteiger partial charge in [-0.05, 0) is 30.4 Å². The van der Waals surface area contributed by atoms with Crippen LogP contribution in [0.5, 0.6) is 0 Å². The molecule has 8 nitrogen and oxygen atoms in total. The molecule has 1 aliphatic heterocycles. The summed E-state index contributed by atoms with van der Waals surface area (Å²) in [5.74, 6) is 0.0186. The highest BCUT2D eigenvalue weighted by atomic mass is 32.2. The lowest BCUT2D eigenvalue weighted by atomic mass is 9.94. The minimum atomic E-state index is -3.51. The summed E-state index contributed by atoms with van der Waals surface area (Å²) in [5, 5.41) is 5.85. The highest BCUT2D eigenvalue weighted by Gasteiger charge is 2.31. The Morgan fingerprint density at radius 3 is 2.35 bits per heavy atom. The summed E-state index contributed by atoms with van der Waals surface area (Å²) < 4.78 is 31.5. The van der Waals surface area contributed by atoms with Gasteiger partial charge >= 0.3 is 5.76 Å². The van der Waals surface area contributed by atoms with Gasteiger partial charge in [-0.25, -0.2) is 17.7 Å². The third-order valence-corrected chi connectivity index (χ3v) is 5.80. The van der Waals surface area contributed by atoms with E-state index in [2.05, 4.69) is 28.7 Å². The Kier molecular flexibility index (Phi) is 4.07. The van der Waals surface area contributed by atoms with E-state index >= 15 is 0 Å². The lowest BCUT2D eigenvalue weighted by molar-refractivity contribution is -0.725. The molecule has 1 N–H and O–H groups in total. The number of aromatic nitrogens is 3. The molecular weight excluding hydrogens is 320 g/mol. The SMILES string of the molecule is C[C@@H]1C[C@H](C)CN(S(=O)(=O)c2ccc(-[n+]3noc(=O)[nH]3)cc2)C1. The van der Waals surface area contributed by atoms with E-state index in [9.17, 15) is 13.2 Å². The van der Waals surface area contributed by atoms with Gasteiger partial charge in [0, 0.05) is 25.2 Å². The molecule has 0 bridgehead atoms. The van der Waals surface area contributed by atoms with Crippen molar-refractivity contribution < 1.29 is 17.7 Å². The van der Waals surface area contributed by atoms with E-state index in [-0.39, 0.29) is 4.90 Å². The maximum Gasteiger partial charge on any atom is 0.493 e. The number of H-pyrrole nitrogens is 1. The number of hydrogen-bond acceptors (Lipinski definition) is 5. The molecule has 0 unspecified atom stereocenters. The number of sulfonamides is 1. The van der Waals surface area contributed by atoms with Crippen LogP contribution in [0.3, 0.4) is 0 Å². The Balaban J connectivity index is 1.87. The molecule has 9 heteroatoms. The van der Waals surface area contributed by atoms with Crippen molar-refractivity contribution in [1.29, 1.82) is 0 Å². The fourth-order valence-corrected chi connectivity index (χ4v) is 4.71. The Labute approximate surface area is 133 Å². The van der Waals surface area contributed by atoms with Crippen molar-refractivity contribution in [2.75, 3.05) is 13.1 Å². The van der Waals surface area contributed by atoms with Crippen molar-refractivity contribution in [3.63, 3.8) is 0 Å². The van der Waals surface area contributed by atoms with Crippen LogP contribution in [0.4, 0.5) is 0 Å². The van der Waals surface area contributed by atoms with Gasteiger partial charge in [0.15, 0.2) is 0 Å². The Hall–Kier alpha value is -2.00. The minimum Gasteiger partial charge on any atom is -0.239 e. The molecule has 1 aromatic heterocycles. The van der Waals surface area contributed by atoms with Crippen LogP contribution in [0.25, 0.3) is 5.69 Å². The second kappa shape index (κ2) is 5.89. The van der Waals surface area contributed by atoms with E-state index in [1.807, 2.05) is 0 Å². The smallest absolute Gasteiger partial charge is 0.239 e. The van der Waals surface area contributed by atoms with Gasteiger partial charge in [-0.1, -0.05) is 18.9 Å². The zero-order valence-corrected chi connectivity index (χ0v) is 13.8. The largest absolute Gasteiger partial charge is 0.493 e. The van der Waals surface area contributed by atoms with Crippen molar-refractivity contribution in [3.05, 3.63) is 34.8 Å². The summed E-state index contributed by atoms with van der Waals surface area (Å²) in [6, 6.07) is 6.16. The van der Waals surface area contributed by atoms with E-state index in [1.165, 1.54) is 12.1 Å². The molecule has 2 aromatic rings. The van der Waals surface area contributed by atoms with E-state index < -0.39 is 15.8 Å². The maximum absolute atomic E-state index is 12.8. The Bertz CT molecular complexity index is 830. The van der Waals surface area contributed by atoms with Crippen LogP contribution in [-0.2, 0) is 10.0 Å². The van der Waals surface area contributed by atoms with E-state index in [0.29, 0.717) is 30.6 Å². The quantitative estimate of drug-likeness (QED) is 0.811. The van der Waals surface area contributed by atoms with E-state index in [1.54, 1.807) is 16.4 Å². The van der Waals surface area contributed by atoms with Gasteiger partial charge < -0.3 is 0 Å². The minimum absolute atomic E-state index is 0.231. The van der Waals surface area contributed by atoms with Crippen LogP contribution in [-0.4, -0.2) is 36.2 Å². The number of nitrogens with one attached hydrogen (secondary N) is 1. The molecule has 2 atom stereocenters. The van der Waals surface area contributed by atoms with Gasteiger partial charge in [0.2, 0.25) is 15.3 Å². The van der Waals surface area contributed by atoms with Crippen molar-refractivity contribution >= 4 is 10.0 Å². The fourth-order valence-electron chi connectivity index (χ4n) is 3.03. The number of rotatable bonds is 3. The van der Waals surface area contributed by atoms with Gasteiger partial charge in [-0.15, -0.1) is 0 Å². The van der Waals surface area contributed by atoms with Gasteiger partial charge in [0.25, 0.3) is 5.69 Å². The molecule has 1 aliphatic rings. The van der Waals surface area contributed by atoms with Crippen LogP contribution >= 0.6 is 0 Å². The zero-order chi connectivity index (χ0) is 16.6. The fraction of sp³-hybridized carbons (Fsp3) is 0.500. The third kappa shape index (κ3) is 3.20. The molecule has 3 rings (SSSR count). The standard InChI is InChI=1S/C14H18N4O4S/c1-10-7-11(2)9-17(8-10)23(20,21)13-5-3-12(4-6-13)18-15-14(19)22-16-18/h3-6,10-11H,7-9H2,1-2H3/p+1/t10-,11+. The second-order valence-electron chi connectivity index (χ2n) is 6.15. The lowest BCUT2D eigenvalue weighted by Crippen LogP contribution is -2.42. The van der Waals surface area contributed by atoms with Crippen LogP contribution in [0, 0.1) is 11.8 Å². The van der Waals surface area contributed by atoms with Crippen molar-refractivity contribution in [3.8, 4) is 5.69 Å². The molecule has 1 saturated heterocycles. The molecule has 1 aromatic carbocycles. The molecular formula is C14H19N4O4S+. The molecule has 0 radical (unpaired) electrons. The summed E-state index contributed by atoms with van der Waals surface area (Å²) >= 11 is 0. The maximum atomic E-state index is 12.8. The molecule has 2 heterocycles. The topological polar surface area (TPSA) is 100 Å². The summed E-state index contributed by atoms with van der Waals surface area (Å²) in [5.41, 5.74) is 0.509. The predicted octanol–water partition coefficient (Wildman–Crippen LogP) is 0.306. The third-order valence-electron chi connectivity index (χ3n) is 3.96.